The van der Waals surface area contributed by atoms with Gasteiger partial charge >= 0.3 is 5.97 Å². The molecule has 2 aliphatic rings. The summed E-state index contributed by atoms with van der Waals surface area (Å²) >= 11 is 0. The van der Waals surface area contributed by atoms with Gasteiger partial charge in [0.2, 0.25) is 5.89 Å². The van der Waals surface area contributed by atoms with E-state index >= 15 is 0 Å². The summed E-state index contributed by atoms with van der Waals surface area (Å²) in [6, 6.07) is 16.5. The Bertz CT molecular complexity index is 2110. The van der Waals surface area contributed by atoms with Gasteiger partial charge in [-0.1, -0.05) is 24.3 Å². The molecule has 5 heterocycles. The van der Waals surface area contributed by atoms with Gasteiger partial charge in [0.15, 0.2) is 17.9 Å². The van der Waals surface area contributed by atoms with Crippen molar-refractivity contribution >= 4 is 40.7 Å². The number of rotatable bonds is 13. The van der Waals surface area contributed by atoms with Crippen LogP contribution >= 0.6 is 0 Å². The number of oxazole rings is 1. The number of nitrogens with one attached hydrogen (secondary N) is 1. The molecule has 5 aromatic rings. The molecule has 3 aromatic heterocycles. The maximum absolute atomic E-state index is 12.0. The lowest BCUT2D eigenvalue weighted by Gasteiger charge is -2.38. The molecule has 0 aliphatic carbocycles. The minimum Gasteiger partial charge on any atom is -0.469 e. The van der Waals surface area contributed by atoms with E-state index in [1.807, 2.05) is 54.8 Å². The van der Waals surface area contributed by atoms with E-state index < -0.39 is 0 Å². The first kappa shape index (κ1) is 35.0. The molecule has 1 N–H and O–H groups in total. The van der Waals surface area contributed by atoms with Crippen LogP contribution in [-0.2, 0) is 16.1 Å². The Morgan fingerprint density at radius 3 is 2.54 bits per heavy atom. The number of carbonyl (C=O) groups is 2. The molecule has 0 spiro atoms. The molecule has 11 heteroatoms. The summed E-state index contributed by atoms with van der Waals surface area (Å²) in [7, 11) is 3.39. The first-order valence-corrected chi connectivity index (χ1v) is 17.9. The molecule has 0 atom stereocenters. The Kier molecular flexibility index (Phi) is 10.4. The minimum absolute atomic E-state index is 0.0387. The van der Waals surface area contributed by atoms with Crippen LogP contribution in [0.5, 0.6) is 0 Å². The second kappa shape index (κ2) is 15.5. The quantitative estimate of drug-likeness (QED) is 0.104. The third-order valence-electron chi connectivity index (χ3n) is 10.2. The molecule has 0 radical (unpaired) electrons. The Morgan fingerprint density at radius 2 is 1.77 bits per heavy atom. The van der Waals surface area contributed by atoms with Gasteiger partial charge in [-0.15, -0.1) is 0 Å². The zero-order valence-electron chi connectivity index (χ0n) is 30.3. The SMILES string of the molecule is COC(=O)C1CN(CCN(C)/C=C\c2oc(-c3cccc(-c4cccc(Nc5nccc6cc(CN7CCCC7)cnc56)c4C)c3C)nc2C=O)C1. The molecule has 2 aliphatic heterocycles. The van der Waals surface area contributed by atoms with Crippen molar-refractivity contribution in [3.63, 3.8) is 0 Å². The number of likely N-dealkylation sites (N-methyl/N-ethyl adjacent to an activating group) is 1. The lowest BCUT2D eigenvalue weighted by atomic mass is 9.93. The van der Waals surface area contributed by atoms with Crippen molar-refractivity contribution in [3.8, 4) is 22.6 Å². The number of ether oxygens (including phenoxy) is 1. The van der Waals surface area contributed by atoms with Crippen molar-refractivity contribution < 1.29 is 18.7 Å². The maximum atomic E-state index is 12.0. The van der Waals surface area contributed by atoms with Gasteiger partial charge in [0.1, 0.15) is 11.2 Å². The molecule has 2 saturated heterocycles. The van der Waals surface area contributed by atoms with E-state index in [4.69, 9.17) is 14.1 Å². The number of aldehydes is 1. The summed E-state index contributed by atoms with van der Waals surface area (Å²) < 4.78 is 11.0. The highest BCUT2D eigenvalue weighted by atomic mass is 16.5. The maximum Gasteiger partial charge on any atom is 0.311 e. The summed E-state index contributed by atoms with van der Waals surface area (Å²) in [6.07, 6.45) is 10.7. The van der Waals surface area contributed by atoms with Gasteiger partial charge in [-0.25, -0.2) is 9.97 Å². The summed E-state index contributed by atoms with van der Waals surface area (Å²) in [5, 5.41) is 4.63. The second-order valence-corrected chi connectivity index (χ2v) is 13.8. The minimum atomic E-state index is -0.151. The van der Waals surface area contributed by atoms with Crippen LogP contribution in [-0.4, -0.2) is 95.3 Å². The van der Waals surface area contributed by atoms with Crippen molar-refractivity contribution in [2.24, 2.45) is 5.92 Å². The highest BCUT2D eigenvalue weighted by Crippen LogP contribution is 2.37. The number of likely N-dealkylation sites (tertiary alicyclic amines) is 2. The number of esters is 1. The number of methoxy groups -OCH3 is 1. The average molecular weight is 700 g/mol. The van der Waals surface area contributed by atoms with Crippen molar-refractivity contribution in [1.82, 2.24) is 29.7 Å². The number of hydrogen-bond donors (Lipinski definition) is 1. The van der Waals surface area contributed by atoms with Crippen LogP contribution in [0, 0.1) is 19.8 Å². The fourth-order valence-electron chi connectivity index (χ4n) is 7.13. The number of fused-ring (bicyclic) bond motifs is 1. The topological polar surface area (TPSA) is 117 Å². The Balaban J connectivity index is 1.07. The van der Waals surface area contributed by atoms with Crippen LogP contribution in [0.4, 0.5) is 11.5 Å². The molecular formula is C41H45N7O4. The molecule has 7 rings (SSSR count). The van der Waals surface area contributed by atoms with E-state index in [0.717, 1.165) is 89.2 Å². The Morgan fingerprint density at radius 1 is 1.02 bits per heavy atom. The fourth-order valence-corrected chi connectivity index (χ4v) is 7.13. The summed E-state index contributed by atoms with van der Waals surface area (Å²) in [4.78, 5) is 44.5. The largest absolute Gasteiger partial charge is 0.469 e. The van der Waals surface area contributed by atoms with E-state index in [0.29, 0.717) is 24.7 Å². The number of aromatic nitrogens is 3. The number of pyridine rings is 2. The van der Waals surface area contributed by atoms with E-state index in [1.165, 1.54) is 25.5 Å². The smallest absolute Gasteiger partial charge is 0.311 e. The molecule has 268 valence electrons. The van der Waals surface area contributed by atoms with Gasteiger partial charge in [-0.05, 0) is 97.9 Å². The van der Waals surface area contributed by atoms with Crippen LogP contribution in [0.2, 0.25) is 0 Å². The molecule has 11 nitrogen and oxygen atoms in total. The first-order chi connectivity index (χ1) is 25.3. The van der Waals surface area contributed by atoms with Crippen LogP contribution < -0.4 is 5.32 Å². The van der Waals surface area contributed by atoms with E-state index in [2.05, 4.69) is 63.2 Å². The number of nitrogens with zero attached hydrogens (tertiary/aromatic N) is 6. The number of benzene rings is 2. The van der Waals surface area contributed by atoms with Crippen LogP contribution in [0.3, 0.4) is 0 Å². The van der Waals surface area contributed by atoms with Gasteiger partial charge in [-0.2, -0.15) is 0 Å². The van der Waals surface area contributed by atoms with Crippen molar-refractivity contribution in [1.29, 1.82) is 0 Å². The lowest BCUT2D eigenvalue weighted by Crippen LogP contribution is -2.52. The lowest BCUT2D eigenvalue weighted by molar-refractivity contribution is -0.151. The van der Waals surface area contributed by atoms with Gasteiger partial charge in [-0.3, -0.25) is 24.4 Å². The molecule has 2 fully saturated rings. The predicted octanol–water partition coefficient (Wildman–Crippen LogP) is 6.73. The highest BCUT2D eigenvalue weighted by Gasteiger charge is 2.33. The first-order valence-electron chi connectivity index (χ1n) is 17.9. The number of carbonyl (C=O) groups excluding carboxylic acids is 2. The van der Waals surface area contributed by atoms with Crippen LogP contribution in [0.1, 0.15) is 45.8 Å². The second-order valence-electron chi connectivity index (χ2n) is 13.8. The molecule has 52 heavy (non-hydrogen) atoms. The van der Waals surface area contributed by atoms with E-state index in [-0.39, 0.29) is 17.6 Å². The third kappa shape index (κ3) is 7.46. The van der Waals surface area contributed by atoms with Gasteiger partial charge in [0.25, 0.3) is 0 Å². The van der Waals surface area contributed by atoms with E-state index in [9.17, 15) is 9.59 Å². The van der Waals surface area contributed by atoms with Crippen LogP contribution in [0.25, 0.3) is 39.6 Å². The number of hydrogen-bond acceptors (Lipinski definition) is 11. The zero-order chi connectivity index (χ0) is 36.2. The highest BCUT2D eigenvalue weighted by molar-refractivity contribution is 5.91. The Labute approximate surface area is 304 Å². The monoisotopic (exact) mass is 699 g/mol. The fraction of sp³-hybridized carbons (Fsp3) is 0.341. The Hall–Kier alpha value is -5.39. The predicted molar refractivity (Wildman–Crippen MR) is 203 cm³/mol. The van der Waals surface area contributed by atoms with E-state index in [1.54, 1.807) is 6.08 Å². The summed E-state index contributed by atoms with van der Waals surface area (Å²) in [5.74, 6) is 1.32. The third-order valence-corrected chi connectivity index (χ3v) is 10.2. The van der Waals surface area contributed by atoms with Crippen molar-refractivity contribution in [2.45, 2.75) is 33.2 Å². The van der Waals surface area contributed by atoms with Gasteiger partial charge < -0.3 is 19.4 Å². The molecule has 0 amide bonds. The zero-order valence-corrected chi connectivity index (χ0v) is 30.3. The van der Waals surface area contributed by atoms with Gasteiger partial charge in [0.05, 0.1) is 13.0 Å². The van der Waals surface area contributed by atoms with Crippen LogP contribution in [0.15, 0.2) is 71.5 Å². The molecule has 0 bridgehead atoms. The molecule has 0 unspecified atom stereocenters. The average Bonchev–Trinajstić information content (AvgIpc) is 3.81. The van der Waals surface area contributed by atoms with Crippen molar-refractivity contribution in [3.05, 3.63) is 95.3 Å². The number of anilines is 2. The normalized spacial score (nSPS) is 15.3. The van der Waals surface area contributed by atoms with Crippen molar-refractivity contribution in [2.75, 3.05) is 58.7 Å². The molecule has 0 saturated carbocycles. The standard InChI is InChI=1S/C41H45N7O4/c1-27-32(9-7-11-34(27)40-45-36(26-49)37(52-40)14-18-46(3)19-20-48-24-31(25-48)41(50)51-4)33-10-8-12-35(28(33)2)44-39-38-30(13-15-42-39)21-29(22-43-38)23-47-16-5-6-17-47/h7-15,18,21-22,26,31H,5-6,16-17,19-20,23-25H2,1-4H3,(H,42,44)/b18-14-. The summed E-state index contributed by atoms with van der Waals surface area (Å²) in [6.45, 7) is 10.4. The molecule has 2 aromatic carbocycles. The van der Waals surface area contributed by atoms with Gasteiger partial charge in [0, 0.05) is 75.0 Å². The molecular weight excluding hydrogens is 654 g/mol. The summed E-state index contributed by atoms with van der Waals surface area (Å²) in [5.41, 5.74) is 8.22.